The highest BCUT2D eigenvalue weighted by Gasteiger charge is 2.22. The standard InChI is InChI=1S/C23H38N4OS/c1-3-22-19-27(15-17-29-22)23(24-2)25-12-7-16-28-21-10-13-26(14-11-21)18-20-8-5-4-6-9-20/h4-6,8-9,21-22H,3,7,10-19H2,1-2H3,(H,24,25). The van der Waals surface area contributed by atoms with Crippen LogP contribution >= 0.6 is 11.8 Å². The second-order valence-corrected chi connectivity index (χ2v) is 9.41. The first-order valence-electron chi connectivity index (χ1n) is 11.2. The summed E-state index contributed by atoms with van der Waals surface area (Å²) < 4.78 is 6.15. The molecule has 0 bridgehead atoms. The van der Waals surface area contributed by atoms with Crippen LogP contribution in [0.3, 0.4) is 0 Å². The summed E-state index contributed by atoms with van der Waals surface area (Å²) in [6.45, 7) is 9.58. The minimum Gasteiger partial charge on any atom is -0.378 e. The molecule has 2 saturated heterocycles. The normalized spacial score (nSPS) is 22.1. The summed E-state index contributed by atoms with van der Waals surface area (Å²) in [4.78, 5) is 9.44. The van der Waals surface area contributed by atoms with E-state index in [0.29, 0.717) is 6.10 Å². The van der Waals surface area contributed by atoms with Gasteiger partial charge in [0.15, 0.2) is 5.96 Å². The molecule has 0 radical (unpaired) electrons. The Bertz CT molecular complexity index is 604. The Morgan fingerprint density at radius 2 is 2.00 bits per heavy atom. The van der Waals surface area contributed by atoms with Crippen molar-refractivity contribution < 1.29 is 4.74 Å². The van der Waals surface area contributed by atoms with Crippen LogP contribution < -0.4 is 5.32 Å². The average Bonchev–Trinajstić information content (AvgIpc) is 2.78. The minimum atomic E-state index is 0.422. The van der Waals surface area contributed by atoms with Crippen molar-refractivity contribution in [3.05, 3.63) is 35.9 Å². The Hall–Kier alpha value is -1.24. The number of thioether (sulfide) groups is 1. The lowest BCUT2D eigenvalue weighted by atomic mass is 10.1. The summed E-state index contributed by atoms with van der Waals surface area (Å²) in [7, 11) is 1.89. The predicted molar refractivity (Wildman–Crippen MR) is 125 cm³/mol. The predicted octanol–water partition coefficient (Wildman–Crippen LogP) is 3.46. The van der Waals surface area contributed by atoms with Gasteiger partial charge < -0.3 is 15.0 Å². The zero-order valence-corrected chi connectivity index (χ0v) is 19.0. The molecule has 0 amide bonds. The van der Waals surface area contributed by atoms with Gasteiger partial charge in [-0.05, 0) is 31.2 Å². The smallest absolute Gasteiger partial charge is 0.193 e. The van der Waals surface area contributed by atoms with Crippen LogP contribution in [0, 0.1) is 0 Å². The molecule has 5 nitrogen and oxygen atoms in total. The maximum atomic E-state index is 6.15. The molecule has 2 aliphatic rings. The minimum absolute atomic E-state index is 0.422. The fourth-order valence-corrected chi connectivity index (χ4v) is 5.27. The molecule has 0 aromatic heterocycles. The number of nitrogens with one attached hydrogen (secondary N) is 1. The van der Waals surface area contributed by atoms with Crippen LogP contribution in [0.2, 0.25) is 0 Å². The van der Waals surface area contributed by atoms with E-state index in [-0.39, 0.29) is 0 Å². The van der Waals surface area contributed by atoms with Crippen LogP contribution in [-0.2, 0) is 11.3 Å². The third kappa shape index (κ3) is 7.50. The molecule has 0 saturated carbocycles. The van der Waals surface area contributed by atoms with Gasteiger partial charge in [-0.25, -0.2) is 0 Å². The van der Waals surface area contributed by atoms with Crippen molar-refractivity contribution in [2.75, 3.05) is 52.1 Å². The largest absolute Gasteiger partial charge is 0.378 e. The van der Waals surface area contributed by atoms with E-state index in [1.54, 1.807) is 0 Å². The van der Waals surface area contributed by atoms with Gasteiger partial charge in [0.1, 0.15) is 0 Å². The molecule has 2 fully saturated rings. The van der Waals surface area contributed by atoms with Crippen LogP contribution in [0.4, 0.5) is 0 Å². The molecule has 0 aliphatic carbocycles. The summed E-state index contributed by atoms with van der Waals surface area (Å²) in [6.07, 6.45) is 4.97. The molecule has 1 unspecified atom stereocenters. The number of benzene rings is 1. The van der Waals surface area contributed by atoms with E-state index in [2.05, 4.69) is 69.1 Å². The highest BCUT2D eigenvalue weighted by atomic mass is 32.2. The number of rotatable bonds is 8. The van der Waals surface area contributed by atoms with Crippen LogP contribution in [0.15, 0.2) is 35.3 Å². The molecule has 1 aromatic carbocycles. The van der Waals surface area contributed by atoms with E-state index in [9.17, 15) is 0 Å². The number of nitrogens with zero attached hydrogens (tertiary/aromatic N) is 3. The number of piperidine rings is 1. The zero-order valence-electron chi connectivity index (χ0n) is 18.2. The third-order valence-electron chi connectivity index (χ3n) is 5.85. The lowest BCUT2D eigenvalue weighted by molar-refractivity contribution is 0.00531. The van der Waals surface area contributed by atoms with Gasteiger partial charge in [-0.3, -0.25) is 9.89 Å². The van der Waals surface area contributed by atoms with Crippen molar-refractivity contribution in [2.45, 2.75) is 50.5 Å². The summed E-state index contributed by atoms with van der Waals surface area (Å²) in [5.41, 5.74) is 1.41. The van der Waals surface area contributed by atoms with E-state index < -0.39 is 0 Å². The summed E-state index contributed by atoms with van der Waals surface area (Å²) >= 11 is 2.10. The van der Waals surface area contributed by atoms with Gasteiger partial charge in [0.2, 0.25) is 0 Å². The third-order valence-corrected chi connectivity index (χ3v) is 7.22. The van der Waals surface area contributed by atoms with E-state index in [4.69, 9.17) is 4.74 Å². The van der Waals surface area contributed by atoms with Crippen molar-refractivity contribution in [3.8, 4) is 0 Å². The Morgan fingerprint density at radius 3 is 2.72 bits per heavy atom. The van der Waals surface area contributed by atoms with Gasteiger partial charge in [0.05, 0.1) is 6.10 Å². The first kappa shape index (κ1) is 22.4. The number of likely N-dealkylation sites (tertiary alicyclic amines) is 1. The van der Waals surface area contributed by atoms with Gasteiger partial charge in [0, 0.05) is 63.9 Å². The number of guanidine groups is 1. The van der Waals surface area contributed by atoms with E-state index in [1.807, 2.05) is 7.05 Å². The average molecular weight is 419 g/mol. The van der Waals surface area contributed by atoms with Crippen LogP contribution in [-0.4, -0.2) is 79.2 Å². The summed E-state index contributed by atoms with van der Waals surface area (Å²) in [5, 5.41) is 4.27. The molecule has 3 rings (SSSR count). The van der Waals surface area contributed by atoms with Crippen LogP contribution in [0.1, 0.15) is 38.2 Å². The Kier molecular flexibility index (Phi) is 9.64. The SMILES string of the molecule is CCC1CN(C(=NC)NCCCOC2CCN(Cc3ccccc3)CC2)CCS1. The molecule has 1 N–H and O–H groups in total. The number of ether oxygens (including phenoxy) is 1. The molecular formula is C23H38N4OS. The zero-order chi connectivity index (χ0) is 20.3. The molecule has 29 heavy (non-hydrogen) atoms. The van der Waals surface area contributed by atoms with Gasteiger partial charge >= 0.3 is 0 Å². The van der Waals surface area contributed by atoms with E-state index >= 15 is 0 Å². The Balaban J connectivity index is 1.26. The fraction of sp³-hybridized carbons (Fsp3) is 0.696. The molecule has 2 heterocycles. The van der Waals surface area contributed by atoms with Crippen molar-refractivity contribution >= 4 is 17.7 Å². The Labute approximate surface area is 181 Å². The van der Waals surface area contributed by atoms with Gasteiger partial charge in [-0.1, -0.05) is 37.3 Å². The van der Waals surface area contributed by atoms with Gasteiger partial charge in [-0.15, -0.1) is 0 Å². The number of hydrogen-bond acceptors (Lipinski definition) is 4. The summed E-state index contributed by atoms with van der Waals surface area (Å²) in [5.74, 6) is 2.25. The maximum Gasteiger partial charge on any atom is 0.193 e. The molecular weight excluding hydrogens is 380 g/mol. The van der Waals surface area contributed by atoms with Crippen molar-refractivity contribution in [1.82, 2.24) is 15.1 Å². The topological polar surface area (TPSA) is 40.1 Å². The second-order valence-electron chi connectivity index (χ2n) is 8.01. The first-order chi connectivity index (χ1) is 14.3. The molecule has 1 aromatic rings. The molecule has 6 heteroatoms. The first-order valence-corrected chi connectivity index (χ1v) is 12.3. The van der Waals surface area contributed by atoms with E-state index in [1.165, 1.54) is 17.7 Å². The Morgan fingerprint density at radius 1 is 1.21 bits per heavy atom. The molecule has 162 valence electrons. The van der Waals surface area contributed by atoms with Crippen LogP contribution in [0.5, 0.6) is 0 Å². The van der Waals surface area contributed by atoms with Crippen LogP contribution in [0.25, 0.3) is 0 Å². The second kappa shape index (κ2) is 12.5. The van der Waals surface area contributed by atoms with E-state index in [0.717, 1.165) is 76.3 Å². The van der Waals surface area contributed by atoms with Crippen molar-refractivity contribution in [3.63, 3.8) is 0 Å². The van der Waals surface area contributed by atoms with Crippen molar-refractivity contribution in [2.24, 2.45) is 4.99 Å². The fourth-order valence-electron chi connectivity index (χ4n) is 4.09. The van der Waals surface area contributed by atoms with Gasteiger partial charge in [0.25, 0.3) is 0 Å². The quantitative estimate of drug-likeness (QED) is 0.398. The highest BCUT2D eigenvalue weighted by Crippen LogP contribution is 2.21. The highest BCUT2D eigenvalue weighted by molar-refractivity contribution is 8.00. The lowest BCUT2D eigenvalue weighted by Crippen LogP contribution is -2.48. The molecule has 0 spiro atoms. The number of aliphatic imine (C=N–C) groups is 1. The number of hydrogen-bond donors (Lipinski definition) is 1. The molecule has 2 aliphatic heterocycles. The van der Waals surface area contributed by atoms with Crippen molar-refractivity contribution in [1.29, 1.82) is 0 Å². The summed E-state index contributed by atoms with van der Waals surface area (Å²) in [6, 6.07) is 10.8. The maximum absolute atomic E-state index is 6.15. The molecule has 1 atom stereocenters. The lowest BCUT2D eigenvalue weighted by Gasteiger charge is -2.34. The monoisotopic (exact) mass is 418 g/mol. The van der Waals surface area contributed by atoms with Gasteiger partial charge in [-0.2, -0.15) is 11.8 Å².